The molecule has 0 saturated carbocycles. The maximum Gasteiger partial charge on any atom is 0.173 e. The van der Waals surface area contributed by atoms with E-state index in [9.17, 15) is 5.11 Å². The van der Waals surface area contributed by atoms with Gasteiger partial charge >= 0.3 is 0 Å². The van der Waals surface area contributed by atoms with E-state index in [0.29, 0.717) is 16.3 Å². The van der Waals surface area contributed by atoms with E-state index in [2.05, 4.69) is 0 Å². The Kier molecular flexibility index (Phi) is 3.00. The molecule has 0 radical (unpaired) electrons. The Balaban J connectivity index is 3.17. The largest absolute Gasteiger partial charge is 0.495 e. The molecular formula is C10H10ClNO2. The lowest BCUT2D eigenvalue weighted by Gasteiger charge is -2.15. The fourth-order valence-electron chi connectivity index (χ4n) is 1.03. The van der Waals surface area contributed by atoms with E-state index >= 15 is 0 Å². The second-order valence-electron chi connectivity index (χ2n) is 3.03. The Labute approximate surface area is 87.5 Å². The zero-order chi connectivity index (χ0) is 10.8. The zero-order valence-electron chi connectivity index (χ0n) is 7.91. The van der Waals surface area contributed by atoms with Gasteiger partial charge in [0.1, 0.15) is 11.8 Å². The third kappa shape index (κ3) is 1.98. The van der Waals surface area contributed by atoms with Crippen molar-refractivity contribution in [2.24, 2.45) is 0 Å². The molecule has 0 aliphatic carbocycles. The standard InChI is InChI=1S/C10H10ClNO2/c1-10(13,6-12)7-3-4-9(14-2)8(11)5-7/h3-5,13H,1-2H3. The molecule has 1 aromatic carbocycles. The molecule has 0 aliphatic heterocycles. The van der Waals surface area contributed by atoms with Gasteiger partial charge in [-0.3, -0.25) is 0 Å². The fourth-order valence-corrected chi connectivity index (χ4v) is 1.29. The number of hydrogen-bond acceptors (Lipinski definition) is 3. The van der Waals surface area contributed by atoms with Crippen LogP contribution in [-0.2, 0) is 5.60 Å². The Morgan fingerprint density at radius 3 is 2.64 bits per heavy atom. The number of nitrogens with zero attached hydrogens (tertiary/aromatic N) is 1. The second kappa shape index (κ2) is 3.87. The van der Waals surface area contributed by atoms with Gasteiger partial charge in [0.15, 0.2) is 5.60 Å². The molecule has 0 fully saturated rings. The summed E-state index contributed by atoms with van der Waals surface area (Å²) < 4.78 is 4.95. The maximum atomic E-state index is 9.62. The van der Waals surface area contributed by atoms with Gasteiger partial charge in [-0.1, -0.05) is 17.7 Å². The van der Waals surface area contributed by atoms with Crippen molar-refractivity contribution in [3.8, 4) is 11.8 Å². The normalized spacial score (nSPS) is 14.2. The van der Waals surface area contributed by atoms with E-state index in [4.69, 9.17) is 21.6 Å². The first-order valence-corrected chi connectivity index (χ1v) is 4.36. The summed E-state index contributed by atoms with van der Waals surface area (Å²) in [6.45, 7) is 1.41. The molecule has 0 aromatic heterocycles. The van der Waals surface area contributed by atoms with E-state index in [0.717, 1.165) is 0 Å². The van der Waals surface area contributed by atoms with Crippen molar-refractivity contribution in [2.75, 3.05) is 7.11 Å². The molecule has 74 valence electrons. The Morgan fingerprint density at radius 1 is 1.57 bits per heavy atom. The van der Waals surface area contributed by atoms with Crippen LogP contribution in [0.3, 0.4) is 0 Å². The fraction of sp³-hybridized carbons (Fsp3) is 0.300. The number of benzene rings is 1. The topological polar surface area (TPSA) is 53.2 Å². The van der Waals surface area contributed by atoms with Crippen LogP contribution in [0.15, 0.2) is 18.2 Å². The summed E-state index contributed by atoms with van der Waals surface area (Å²) in [5, 5.41) is 18.7. The van der Waals surface area contributed by atoms with Crippen molar-refractivity contribution in [3.63, 3.8) is 0 Å². The van der Waals surface area contributed by atoms with Gasteiger partial charge in [0.2, 0.25) is 0 Å². The van der Waals surface area contributed by atoms with Gasteiger partial charge in [0, 0.05) is 0 Å². The van der Waals surface area contributed by atoms with Crippen LogP contribution in [0.25, 0.3) is 0 Å². The van der Waals surface area contributed by atoms with E-state index in [1.807, 2.05) is 0 Å². The maximum absolute atomic E-state index is 9.62. The lowest BCUT2D eigenvalue weighted by Crippen LogP contribution is -2.17. The monoisotopic (exact) mass is 211 g/mol. The minimum absolute atomic E-state index is 0.375. The highest BCUT2D eigenvalue weighted by molar-refractivity contribution is 6.32. The minimum atomic E-state index is -1.52. The first-order chi connectivity index (χ1) is 6.51. The molecule has 1 unspecified atom stereocenters. The van der Waals surface area contributed by atoms with Crippen LogP contribution >= 0.6 is 11.6 Å². The highest BCUT2D eigenvalue weighted by atomic mass is 35.5. The molecule has 4 heteroatoms. The van der Waals surface area contributed by atoms with Crippen molar-refractivity contribution in [1.29, 1.82) is 5.26 Å². The predicted octanol–water partition coefficient (Wildman–Crippen LogP) is 2.08. The number of aliphatic hydroxyl groups is 1. The summed E-state index contributed by atoms with van der Waals surface area (Å²) in [7, 11) is 1.50. The van der Waals surface area contributed by atoms with Gasteiger partial charge in [-0.15, -0.1) is 0 Å². The van der Waals surface area contributed by atoms with Gasteiger partial charge in [-0.2, -0.15) is 5.26 Å². The smallest absolute Gasteiger partial charge is 0.173 e. The average molecular weight is 212 g/mol. The Morgan fingerprint density at radius 2 is 2.21 bits per heavy atom. The molecule has 3 nitrogen and oxygen atoms in total. The van der Waals surface area contributed by atoms with Crippen LogP contribution < -0.4 is 4.74 Å². The molecule has 0 aliphatic rings. The van der Waals surface area contributed by atoms with Gasteiger partial charge in [0.25, 0.3) is 0 Å². The third-order valence-corrected chi connectivity index (χ3v) is 2.23. The van der Waals surface area contributed by atoms with Crippen LogP contribution in [0.2, 0.25) is 5.02 Å². The average Bonchev–Trinajstić information content (AvgIpc) is 2.17. The van der Waals surface area contributed by atoms with Crippen molar-refractivity contribution in [3.05, 3.63) is 28.8 Å². The lowest BCUT2D eigenvalue weighted by molar-refractivity contribution is 0.119. The van der Waals surface area contributed by atoms with Gasteiger partial charge < -0.3 is 9.84 Å². The molecule has 0 heterocycles. The number of nitriles is 1. The van der Waals surface area contributed by atoms with Gasteiger partial charge in [-0.05, 0) is 24.6 Å². The molecular weight excluding hydrogens is 202 g/mol. The molecule has 1 atom stereocenters. The number of ether oxygens (including phenoxy) is 1. The van der Waals surface area contributed by atoms with Gasteiger partial charge in [0.05, 0.1) is 12.1 Å². The number of rotatable bonds is 2. The molecule has 0 saturated heterocycles. The van der Waals surface area contributed by atoms with E-state index in [-0.39, 0.29) is 0 Å². The van der Waals surface area contributed by atoms with Gasteiger partial charge in [-0.25, -0.2) is 0 Å². The Bertz CT molecular complexity index is 382. The van der Waals surface area contributed by atoms with Crippen LogP contribution in [0, 0.1) is 11.3 Å². The zero-order valence-corrected chi connectivity index (χ0v) is 8.67. The van der Waals surface area contributed by atoms with Crippen LogP contribution in [0.4, 0.5) is 0 Å². The molecule has 0 amide bonds. The number of halogens is 1. The highest BCUT2D eigenvalue weighted by Gasteiger charge is 2.22. The van der Waals surface area contributed by atoms with Crippen molar-refractivity contribution in [2.45, 2.75) is 12.5 Å². The summed E-state index contributed by atoms with van der Waals surface area (Å²) in [6.07, 6.45) is 0. The van der Waals surface area contributed by atoms with E-state index in [1.165, 1.54) is 20.1 Å². The Hall–Kier alpha value is -1.24. The van der Waals surface area contributed by atoms with Crippen molar-refractivity contribution >= 4 is 11.6 Å². The summed E-state index contributed by atoms with van der Waals surface area (Å²) in [5.41, 5.74) is -1.07. The second-order valence-corrected chi connectivity index (χ2v) is 3.44. The summed E-state index contributed by atoms with van der Waals surface area (Å²) in [5.74, 6) is 0.518. The van der Waals surface area contributed by atoms with Crippen molar-refractivity contribution < 1.29 is 9.84 Å². The highest BCUT2D eigenvalue weighted by Crippen LogP contribution is 2.29. The SMILES string of the molecule is COc1ccc(C(C)(O)C#N)cc1Cl. The third-order valence-electron chi connectivity index (χ3n) is 1.93. The molecule has 0 spiro atoms. The van der Waals surface area contributed by atoms with Crippen LogP contribution in [-0.4, -0.2) is 12.2 Å². The number of hydrogen-bond donors (Lipinski definition) is 1. The summed E-state index contributed by atoms with van der Waals surface area (Å²) in [4.78, 5) is 0. The molecule has 1 aromatic rings. The quantitative estimate of drug-likeness (QED) is 0.762. The first kappa shape index (κ1) is 10.8. The predicted molar refractivity (Wildman–Crippen MR) is 53.2 cm³/mol. The summed E-state index contributed by atoms with van der Waals surface area (Å²) >= 11 is 5.85. The molecule has 0 bridgehead atoms. The first-order valence-electron chi connectivity index (χ1n) is 3.99. The van der Waals surface area contributed by atoms with Crippen LogP contribution in [0.1, 0.15) is 12.5 Å². The summed E-state index contributed by atoms with van der Waals surface area (Å²) in [6, 6.07) is 6.52. The minimum Gasteiger partial charge on any atom is -0.495 e. The van der Waals surface area contributed by atoms with E-state index < -0.39 is 5.60 Å². The molecule has 14 heavy (non-hydrogen) atoms. The number of methoxy groups -OCH3 is 1. The molecule has 1 rings (SSSR count). The van der Waals surface area contributed by atoms with E-state index in [1.54, 1.807) is 18.2 Å². The van der Waals surface area contributed by atoms with Crippen LogP contribution in [0.5, 0.6) is 5.75 Å². The molecule has 1 N–H and O–H groups in total. The van der Waals surface area contributed by atoms with Crippen molar-refractivity contribution in [1.82, 2.24) is 0 Å². The lowest BCUT2D eigenvalue weighted by atomic mass is 9.98.